The molecule has 0 radical (unpaired) electrons. The third kappa shape index (κ3) is 4.42. The zero-order valence-electron chi connectivity index (χ0n) is 13.4. The number of rotatable bonds is 6. The van der Waals surface area contributed by atoms with Gasteiger partial charge in [-0.2, -0.15) is 0 Å². The molecule has 3 N–H and O–H groups in total. The van der Waals surface area contributed by atoms with Crippen molar-refractivity contribution in [2.24, 2.45) is 5.73 Å². The van der Waals surface area contributed by atoms with E-state index in [1.165, 1.54) is 51.9 Å². The highest BCUT2D eigenvalue weighted by atomic mass is 16.3. The molecule has 2 rings (SSSR count). The van der Waals surface area contributed by atoms with Crippen molar-refractivity contribution in [3.05, 3.63) is 0 Å². The number of piperazine rings is 1. The van der Waals surface area contributed by atoms with Crippen LogP contribution in [0.1, 0.15) is 52.4 Å². The molecular formula is C16H33N3O. The van der Waals surface area contributed by atoms with E-state index in [0.29, 0.717) is 6.04 Å². The van der Waals surface area contributed by atoms with Gasteiger partial charge in [-0.3, -0.25) is 9.80 Å². The minimum atomic E-state index is -0.395. The number of aliphatic hydroxyl groups excluding tert-OH is 1. The second-order valence-electron chi connectivity index (χ2n) is 7.26. The maximum atomic E-state index is 9.17. The monoisotopic (exact) mass is 283 g/mol. The van der Waals surface area contributed by atoms with Gasteiger partial charge in [0, 0.05) is 30.7 Å². The van der Waals surface area contributed by atoms with E-state index in [1.807, 2.05) is 6.92 Å². The van der Waals surface area contributed by atoms with Crippen LogP contribution in [0.2, 0.25) is 0 Å². The molecule has 2 saturated heterocycles. The number of piperidine rings is 1. The second kappa shape index (κ2) is 7.21. The van der Waals surface area contributed by atoms with Crippen molar-refractivity contribution in [1.29, 1.82) is 0 Å². The van der Waals surface area contributed by atoms with Gasteiger partial charge in [0.05, 0.1) is 6.61 Å². The Bertz CT molecular complexity index is 295. The number of nitrogens with two attached hydrogens (primary N) is 1. The lowest BCUT2D eigenvalue weighted by molar-refractivity contribution is 0.0143. The first-order chi connectivity index (χ1) is 9.52. The molecule has 20 heavy (non-hydrogen) atoms. The molecule has 0 aliphatic carbocycles. The summed E-state index contributed by atoms with van der Waals surface area (Å²) in [7, 11) is 0. The predicted octanol–water partition coefficient (Wildman–Crippen LogP) is 1.43. The van der Waals surface area contributed by atoms with Crippen LogP contribution in [-0.2, 0) is 0 Å². The molecule has 4 heteroatoms. The number of hydrogen-bond acceptors (Lipinski definition) is 4. The quantitative estimate of drug-likeness (QED) is 0.724. The fraction of sp³-hybridized carbons (Fsp3) is 1.00. The van der Waals surface area contributed by atoms with Crippen LogP contribution >= 0.6 is 0 Å². The van der Waals surface area contributed by atoms with Crippen LogP contribution in [-0.4, -0.2) is 65.3 Å². The zero-order chi connectivity index (χ0) is 14.6. The average Bonchev–Trinajstić information content (AvgIpc) is 2.44. The summed E-state index contributed by atoms with van der Waals surface area (Å²) in [4.78, 5) is 5.37. The molecular weight excluding hydrogens is 250 g/mol. The van der Waals surface area contributed by atoms with Crippen molar-refractivity contribution in [1.82, 2.24) is 9.80 Å². The lowest BCUT2D eigenvalue weighted by Crippen LogP contribution is -2.58. The first-order valence-electron chi connectivity index (χ1n) is 8.40. The maximum absolute atomic E-state index is 9.17. The van der Waals surface area contributed by atoms with E-state index in [4.69, 9.17) is 5.73 Å². The van der Waals surface area contributed by atoms with Crippen molar-refractivity contribution in [2.75, 3.05) is 32.8 Å². The van der Waals surface area contributed by atoms with E-state index in [1.54, 1.807) is 0 Å². The van der Waals surface area contributed by atoms with E-state index < -0.39 is 5.54 Å². The number of fused-ring (bicyclic) bond motifs is 1. The number of hydrogen-bond donors (Lipinski definition) is 2. The van der Waals surface area contributed by atoms with Crippen LogP contribution in [0.3, 0.4) is 0 Å². The summed E-state index contributed by atoms with van der Waals surface area (Å²) in [6, 6.07) is 1.49. The van der Waals surface area contributed by atoms with Crippen molar-refractivity contribution >= 4 is 0 Å². The van der Waals surface area contributed by atoms with Crippen LogP contribution in [0.15, 0.2) is 0 Å². The molecule has 0 saturated carbocycles. The first-order valence-corrected chi connectivity index (χ1v) is 8.40. The Balaban J connectivity index is 1.70. The fourth-order valence-electron chi connectivity index (χ4n) is 3.65. The van der Waals surface area contributed by atoms with E-state index in [9.17, 15) is 5.11 Å². The van der Waals surface area contributed by atoms with Gasteiger partial charge in [0.2, 0.25) is 0 Å². The molecule has 3 unspecified atom stereocenters. The molecule has 118 valence electrons. The van der Waals surface area contributed by atoms with Gasteiger partial charge in [0.15, 0.2) is 0 Å². The Morgan fingerprint density at radius 2 is 2.05 bits per heavy atom. The highest BCUT2D eigenvalue weighted by Gasteiger charge is 2.32. The van der Waals surface area contributed by atoms with E-state index in [-0.39, 0.29) is 6.61 Å². The fourth-order valence-corrected chi connectivity index (χ4v) is 3.65. The second-order valence-corrected chi connectivity index (χ2v) is 7.26. The van der Waals surface area contributed by atoms with Crippen LogP contribution < -0.4 is 5.73 Å². The number of aliphatic hydroxyl groups is 1. The van der Waals surface area contributed by atoms with Gasteiger partial charge in [-0.05, 0) is 52.6 Å². The molecule has 2 fully saturated rings. The third-order valence-electron chi connectivity index (χ3n) is 5.12. The molecule has 0 amide bonds. The standard InChI is InChI=1S/C16H33N3O/c1-14-11-19-10-5-3-7-15(19)12-18(14)9-6-4-8-16(2,17)13-20/h14-15,20H,3-13,17H2,1-2H3. The molecule has 2 heterocycles. The zero-order valence-corrected chi connectivity index (χ0v) is 13.4. The molecule has 0 bridgehead atoms. The molecule has 0 aromatic carbocycles. The average molecular weight is 283 g/mol. The normalized spacial score (nSPS) is 31.8. The Hall–Kier alpha value is -0.160. The topological polar surface area (TPSA) is 52.7 Å². The van der Waals surface area contributed by atoms with Crippen molar-refractivity contribution in [2.45, 2.75) is 70.0 Å². The lowest BCUT2D eigenvalue weighted by atomic mass is 9.95. The van der Waals surface area contributed by atoms with Gasteiger partial charge >= 0.3 is 0 Å². The largest absolute Gasteiger partial charge is 0.394 e. The summed E-state index contributed by atoms with van der Waals surface area (Å²) in [6.45, 7) is 9.39. The summed E-state index contributed by atoms with van der Waals surface area (Å²) in [5.74, 6) is 0. The van der Waals surface area contributed by atoms with Gasteiger partial charge in [0.25, 0.3) is 0 Å². The number of nitrogens with zero attached hydrogens (tertiary/aromatic N) is 2. The third-order valence-corrected chi connectivity index (χ3v) is 5.12. The Morgan fingerprint density at radius 3 is 2.80 bits per heavy atom. The number of unbranched alkanes of at least 4 members (excludes halogenated alkanes) is 1. The minimum Gasteiger partial charge on any atom is -0.394 e. The minimum absolute atomic E-state index is 0.0875. The molecule has 2 aliphatic heterocycles. The van der Waals surface area contributed by atoms with Crippen LogP contribution in [0.5, 0.6) is 0 Å². The van der Waals surface area contributed by atoms with E-state index in [2.05, 4.69) is 16.7 Å². The van der Waals surface area contributed by atoms with E-state index >= 15 is 0 Å². The highest BCUT2D eigenvalue weighted by molar-refractivity contribution is 4.89. The van der Waals surface area contributed by atoms with Gasteiger partial charge in [-0.25, -0.2) is 0 Å². The summed E-state index contributed by atoms with van der Waals surface area (Å²) in [5.41, 5.74) is 5.58. The summed E-state index contributed by atoms with van der Waals surface area (Å²) in [5, 5.41) is 9.17. The summed E-state index contributed by atoms with van der Waals surface area (Å²) >= 11 is 0. The van der Waals surface area contributed by atoms with Crippen LogP contribution in [0.25, 0.3) is 0 Å². The van der Waals surface area contributed by atoms with Gasteiger partial charge < -0.3 is 10.8 Å². The summed E-state index contributed by atoms with van der Waals surface area (Å²) in [6.07, 6.45) is 7.41. The van der Waals surface area contributed by atoms with Crippen molar-refractivity contribution < 1.29 is 5.11 Å². The molecule has 2 aliphatic rings. The van der Waals surface area contributed by atoms with Crippen molar-refractivity contribution in [3.8, 4) is 0 Å². The molecule has 3 atom stereocenters. The maximum Gasteiger partial charge on any atom is 0.0608 e. The van der Waals surface area contributed by atoms with Crippen LogP contribution in [0, 0.1) is 0 Å². The molecule has 4 nitrogen and oxygen atoms in total. The van der Waals surface area contributed by atoms with E-state index in [0.717, 1.165) is 18.9 Å². The van der Waals surface area contributed by atoms with Gasteiger partial charge in [-0.1, -0.05) is 12.8 Å². The highest BCUT2D eigenvalue weighted by Crippen LogP contribution is 2.24. The van der Waals surface area contributed by atoms with Gasteiger partial charge in [-0.15, -0.1) is 0 Å². The SMILES string of the molecule is CC1CN2CCCCC2CN1CCCCC(C)(N)CO. The smallest absolute Gasteiger partial charge is 0.0608 e. The Morgan fingerprint density at radius 1 is 1.25 bits per heavy atom. The molecule has 0 aromatic heterocycles. The first kappa shape index (κ1) is 16.2. The lowest BCUT2D eigenvalue weighted by Gasteiger charge is -2.47. The van der Waals surface area contributed by atoms with Gasteiger partial charge in [0.1, 0.15) is 0 Å². The molecule has 0 aromatic rings. The Labute approximate surface area is 124 Å². The summed E-state index contributed by atoms with van der Waals surface area (Å²) < 4.78 is 0. The molecule has 0 spiro atoms. The van der Waals surface area contributed by atoms with Crippen molar-refractivity contribution in [3.63, 3.8) is 0 Å². The Kier molecular flexibility index (Phi) is 5.84. The predicted molar refractivity (Wildman–Crippen MR) is 83.8 cm³/mol. The van der Waals surface area contributed by atoms with Crippen LogP contribution in [0.4, 0.5) is 0 Å².